The molecule has 0 N–H and O–H groups in total. The van der Waals surface area contributed by atoms with E-state index in [-0.39, 0.29) is 5.91 Å². The van der Waals surface area contributed by atoms with Gasteiger partial charge in [0.15, 0.2) is 0 Å². The van der Waals surface area contributed by atoms with E-state index < -0.39 is 0 Å². The number of amides is 1. The van der Waals surface area contributed by atoms with Gasteiger partial charge in [-0.3, -0.25) is 9.63 Å². The van der Waals surface area contributed by atoms with Gasteiger partial charge in [-0.25, -0.2) is 5.06 Å². The van der Waals surface area contributed by atoms with Crippen molar-refractivity contribution < 1.29 is 14.4 Å². The molecule has 1 aliphatic heterocycles. The lowest BCUT2D eigenvalue weighted by atomic mass is 10.3. The molecular formula is C10H13NO3S. The second-order valence-corrected chi connectivity index (χ2v) is 4.18. The number of hydrogen-bond donors (Lipinski definition) is 0. The van der Waals surface area contributed by atoms with Crippen LogP contribution in [0.25, 0.3) is 0 Å². The van der Waals surface area contributed by atoms with Gasteiger partial charge in [0, 0.05) is 6.54 Å². The van der Waals surface area contributed by atoms with Crippen LogP contribution < -0.4 is 4.74 Å². The maximum Gasteiger partial charge on any atom is 0.291 e. The van der Waals surface area contributed by atoms with Crippen LogP contribution in [0.2, 0.25) is 0 Å². The Balaban J connectivity index is 2.12. The van der Waals surface area contributed by atoms with Gasteiger partial charge in [0.05, 0.1) is 13.7 Å². The molecule has 0 spiro atoms. The molecular weight excluding hydrogens is 214 g/mol. The van der Waals surface area contributed by atoms with E-state index in [1.54, 1.807) is 13.2 Å². The fourth-order valence-corrected chi connectivity index (χ4v) is 2.28. The van der Waals surface area contributed by atoms with Gasteiger partial charge in [0.1, 0.15) is 10.6 Å². The lowest BCUT2D eigenvalue weighted by Gasteiger charge is -2.25. The molecule has 4 nitrogen and oxygen atoms in total. The van der Waals surface area contributed by atoms with Crippen LogP contribution >= 0.6 is 11.3 Å². The number of carbonyl (C=O) groups is 1. The monoisotopic (exact) mass is 227 g/mol. The summed E-state index contributed by atoms with van der Waals surface area (Å²) < 4.78 is 5.10. The van der Waals surface area contributed by atoms with Crippen LogP contribution in [-0.2, 0) is 4.84 Å². The van der Waals surface area contributed by atoms with E-state index >= 15 is 0 Å². The summed E-state index contributed by atoms with van der Waals surface area (Å²) in [5.41, 5.74) is 0. The highest BCUT2D eigenvalue weighted by Gasteiger charge is 2.23. The van der Waals surface area contributed by atoms with Gasteiger partial charge in [-0.05, 0) is 24.3 Å². The minimum absolute atomic E-state index is 0.0958. The third kappa shape index (κ3) is 2.13. The molecule has 1 aromatic heterocycles. The Kier molecular flexibility index (Phi) is 3.23. The topological polar surface area (TPSA) is 38.8 Å². The summed E-state index contributed by atoms with van der Waals surface area (Å²) in [5.74, 6) is 0.528. The first-order valence-corrected chi connectivity index (χ1v) is 5.77. The quantitative estimate of drug-likeness (QED) is 0.775. The number of ether oxygens (including phenoxy) is 1. The summed E-state index contributed by atoms with van der Waals surface area (Å²) in [4.78, 5) is 17.9. The van der Waals surface area contributed by atoms with Crippen molar-refractivity contribution in [3.05, 3.63) is 16.3 Å². The molecule has 0 bridgehead atoms. The zero-order valence-corrected chi connectivity index (χ0v) is 9.38. The van der Waals surface area contributed by atoms with E-state index in [2.05, 4.69) is 0 Å². The summed E-state index contributed by atoms with van der Waals surface area (Å²) in [7, 11) is 1.57. The SMILES string of the molecule is COc1ccsc1C(=O)N1CCCCO1. The lowest BCUT2D eigenvalue weighted by Crippen LogP contribution is -2.35. The zero-order valence-electron chi connectivity index (χ0n) is 8.56. The molecule has 0 unspecified atom stereocenters. The van der Waals surface area contributed by atoms with Gasteiger partial charge in [-0.1, -0.05) is 0 Å². The average molecular weight is 227 g/mol. The van der Waals surface area contributed by atoms with Crippen LogP contribution in [0.5, 0.6) is 5.75 Å². The second kappa shape index (κ2) is 4.63. The van der Waals surface area contributed by atoms with E-state index in [0.29, 0.717) is 23.8 Å². The molecule has 0 aromatic carbocycles. The number of carbonyl (C=O) groups excluding carboxylic acids is 1. The van der Waals surface area contributed by atoms with Crippen LogP contribution in [0, 0.1) is 0 Å². The van der Waals surface area contributed by atoms with E-state index in [9.17, 15) is 4.79 Å². The number of rotatable bonds is 2. The van der Waals surface area contributed by atoms with Gasteiger partial charge in [-0.2, -0.15) is 0 Å². The Bertz CT molecular complexity index is 344. The molecule has 2 rings (SSSR count). The summed E-state index contributed by atoms with van der Waals surface area (Å²) in [5, 5.41) is 3.27. The molecule has 1 fully saturated rings. The largest absolute Gasteiger partial charge is 0.495 e. The van der Waals surface area contributed by atoms with E-state index in [0.717, 1.165) is 12.8 Å². The molecule has 1 aliphatic rings. The van der Waals surface area contributed by atoms with E-state index in [1.165, 1.54) is 16.4 Å². The van der Waals surface area contributed by atoms with Gasteiger partial charge >= 0.3 is 0 Å². The number of nitrogens with zero attached hydrogens (tertiary/aromatic N) is 1. The predicted octanol–water partition coefficient (Wildman–Crippen LogP) is 1.92. The third-order valence-corrected chi connectivity index (χ3v) is 3.16. The molecule has 2 heterocycles. The molecule has 5 heteroatoms. The van der Waals surface area contributed by atoms with Gasteiger partial charge in [-0.15, -0.1) is 11.3 Å². The molecule has 0 radical (unpaired) electrons. The standard InChI is InChI=1S/C10H13NO3S/c1-13-8-4-7-15-9(8)10(12)11-5-2-3-6-14-11/h4,7H,2-3,5-6H2,1H3. The summed E-state index contributed by atoms with van der Waals surface area (Å²) in [6.07, 6.45) is 2.02. The highest BCUT2D eigenvalue weighted by Crippen LogP contribution is 2.26. The number of methoxy groups -OCH3 is 1. The van der Waals surface area contributed by atoms with Gasteiger partial charge < -0.3 is 4.74 Å². The van der Waals surface area contributed by atoms with E-state index in [1.807, 2.05) is 5.38 Å². The summed E-state index contributed by atoms with van der Waals surface area (Å²) in [6.45, 7) is 1.29. The van der Waals surface area contributed by atoms with Crippen LogP contribution in [0.3, 0.4) is 0 Å². The van der Waals surface area contributed by atoms with Crippen LogP contribution in [-0.4, -0.2) is 31.2 Å². The number of hydrogen-bond acceptors (Lipinski definition) is 4. The minimum Gasteiger partial charge on any atom is -0.495 e. The van der Waals surface area contributed by atoms with Crippen molar-refractivity contribution in [2.24, 2.45) is 0 Å². The average Bonchev–Trinajstić information content (AvgIpc) is 2.77. The zero-order chi connectivity index (χ0) is 10.7. The van der Waals surface area contributed by atoms with Crippen molar-refractivity contribution in [3.8, 4) is 5.75 Å². The molecule has 1 saturated heterocycles. The molecule has 82 valence electrons. The molecule has 0 atom stereocenters. The van der Waals surface area contributed by atoms with Crippen molar-refractivity contribution in [3.63, 3.8) is 0 Å². The Morgan fingerprint density at radius 1 is 1.60 bits per heavy atom. The number of thiophene rings is 1. The molecule has 1 aromatic rings. The third-order valence-electron chi connectivity index (χ3n) is 2.27. The maximum atomic E-state index is 12.0. The smallest absolute Gasteiger partial charge is 0.291 e. The first-order valence-electron chi connectivity index (χ1n) is 4.89. The van der Waals surface area contributed by atoms with Gasteiger partial charge in [0.25, 0.3) is 5.91 Å². The molecule has 15 heavy (non-hydrogen) atoms. The predicted molar refractivity (Wildman–Crippen MR) is 57.1 cm³/mol. The van der Waals surface area contributed by atoms with Crippen molar-refractivity contribution in [2.75, 3.05) is 20.3 Å². The first-order chi connectivity index (χ1) is 7.33. The lowest BCUT2D eigenvalue weighted by molar-refractivity contribution is -0.144. The normalized spacial score (nSPS) is 16.5. The maximum absolute atomic E-state index is 12.0. The second-order valence-electron chi connectivity index (χ2n) is 3.27. The number of hydroxylamine groups is 2. The fraction of sp³-hybridized carbons (Fsp3) is 0.500. The molecule has 0 saturated carbocycles. The van der Waals surface area contributed by atoms with Crippen molar-refractivity contribution in [1.29, 1.82) is 0 Å². The van der Waals surface area contributed by atoms with Gasteiger partial charge in [0.2, 0.25) is 0 Å². The first kappa shape index (κ1) is 10.4. The fourth-order valence-electron chi connectivity index (χ4n) is 1.48. The van der Waals surface area contributed by atoms with Crippen LogP contribution in [0.4, 0.5) is 0 Å². The Labute approximate surface area is 92.4 Å². The van der Waals surface area contributed by atoms with Crippen LogP contribution in [0.1, 0.15) is 22.5 Å². The highest BCUT2D eigenvalue weighted by atomic mass is 32.1. The Morgan fingerprint density at radius 3 is 3.13 bits per heavy atom. The summed E-state index contributed by atoms with van der Waals surface area (Å²) in [6, 6.07) is 1.79. The Morgan fingerprint density at radius 2 is 2.47 bits per heavy atom. The van der Waals surface area contributed by atoms with Crippen molar-refractivity contribution in [2.45, 2.75) is 12.8 Å². The van der Waals surface area contributed by atoms with Crippen LogP contribution in [0.15, 0.2) is 11.4 Å². The highest BCUT2D eigenvalue weighted by molar-refractivity contribution is 7.12. The van der Waals surface area contributed by atoms with Crippen molar-refractivity contribution >= 4 is 17.2 Å². The Hall–Kier alpha value is -1.07. The van der Waals surface area contributed by atoms with E-state index in [4.69, 9.17) is 9.57 Å². The molecule has 0 aliphatic carbocycles. The minimum atomic E-state index is -0.0958. The molecule has 1 amide bonds. The van der Waals surface area contributed by atoms with Crippen molar-refractivity contribution in [1.82, 2.24) is 5.06 Å². The summed E-state index contributed by atoms with van der Waals surface area (Å²) >= 11 is 1.38.